The van der Waals surface area contributed by atoms with E-state index in [-0.39, 0.29) is 5.91 Å². The van der Waals surface area contributed by atoms with Gasteiger partial charge in [0.1, 0.15) is 0 Å². The van der Waals surface area contributed by atoms with E-state index in [9.17, 15) is 13.2 Å². The molecule has 156 valence electrons. The quantitative estimate of drug-likeness (QED) is 0.782. The predicted octanol–water partition coefficient (Wildman–Crippen LogP) is 3.29. The van der Waals surface area contributed by atoms with Crippen LogP contribution in [0.2, 0.25) is 5.02 Å². The third-order valence-electron chi connectivity index (χ3n) is 5.28. The molecular formula is C21H26ClN3O3S. The molecule has 1 N–H and O–H groups in total. The van der Waals surface area contributed by atoms with E-state index in [0.29, 0.717) is 41.8 Å². The molecule has 1 aliphatic heterocycles. The van der Waals surface area contributed by atoms with E-state index in [1.54, 1.807) is 24.3 Å². The monoisotopic (exact) mass is 435 g/mol. The standard InChI is InChI=1S/C21H26ClN3O3S/c1-15-8-9-20(16(2)14-15)29(27,28)25-12-10-24(11-13-25)17(3)21(26)23-19-7-5-4-6-18(19)22/h4-9,14,17H,10-13H2,1-3H3,(H,23,26). The molecule has 2 aromatic carbocycles. The second-order valence-corrected chi connectivity index (χ2v) is 9.67. The van der Waals surface area contributed by atoms with Gasteiger partial charge in [-0.05, 0) is 44.5 Å². The van der Waals surface area contributed by atoms with Gasteiger partial charge in [0.25, 0.3) is 0 Å². The maximum Gasteiger partial charge on any atom is 0.243 e. The number of rotatable bonds is 5. The third-order valence-corrected chi connectivity index (χ3v) is 7.67. The van der Waals surface area contributed by atoms with Crippen molar-refractivity contribution in [2.45, 2.75) is 31.7 Å². The molecule has 0 aromatic heterocycles. The molecule has 1 aliphatic rings. The molecule has 1 fully saturated rings. The number of halogens is 1. The number of piperazine rings is 1. The predicted molar refractivity (Wildman–Crippen MR) is 116 cm³/mol. The van der Waals surface area contributed by atoms with Gasteiger partial charge in [0.2, 0.25) is 15.9 Å². The summed E-state index contributed by atoms with van der Waals surface area (Å²) in [6, 6.07) is 12.1. The molecule has 0 bridgehead atoms. The van der Waals surface area contributed by atoms with Crippen molar-refractivity contribution in [3.63, 3.8) is 0 Å². The first-order chi connectivity index (χ1) is 13.7. The first-order valence-corrected chi connectivity index (χ1v) is 11.4. The normalized spacial score (nSPS) is 17.1. The Hall–Kier alpha value is -1.93. The summed E-state index contributed by atoms with van der Waals surface area (Å²) in [5.74, 6) is -0.163. The molecule has 2 aromatic rings. The Morgan fingerprint density at radius 1 is 1.07 bits per heavy atom. The zero-order chi connectivity index (χ0) is 21.2. The maximum atomic E-state index is 13.0. The molecule has 1 amide bonds. The van der Waals surface area contributed by atoms with Crippen LogP contribution in [0.1, 0.15) is 18.1 Å². The first-order valence-electron chi connectivity index (χ1n) is 9.57. The van der Waals surface area contributed by atoms with Gasteiger partial charge in [-0.15, -0.1) is 0 Å². The topological polar surface area (TPSA) is 69.7 Å². The Morgan fingerprint density at radius 3 is 2.34 bits per heavy atom. The molecule has 1 heterocycles. The summed E-state index contributed by atoms with van der Waals surface area (Å²) in [7, 11) is -3.54. The van der Waals surface area contributed by atoms with Gasteiger partial charge in [0.15, 0.2) is 0 Å². The average molecular weight is 436 g/mol. The van der Waals surface area contributed by atoms with Gasteiger partial charge in [0, 0.05) is 26.2 Å². The van der Waals surface area contributed by atoms with Crippen molar-refractivity contribution >= 4 is 33.2 Å². The van der Waals surface area contributed by atoms with Gasteiger partial charge in [-0.25, -0.2) is 8.42 Å². The van der Waals surface area contributed by atoms with Crippen LogP contribution >= 0.6 is 11.6 Å². The molecule has 0 aliphatic carbocycles. The van der Waals surface area contributed by atoms with Crippen molar-refractivity contribution < 1.29 is 13.2 Å². The van der Waals surface area contributed by atoms with E-state index in [4.69, 9.17) is 11.6 Å². The highest BCUT2D eigenvalue weighted by Crippen LogP contribution is 2.24. The number of para-hydroxylation sites is 1. The minimum atomic E-state index is -3.54. The van der Waals surface area contributed by atoms with Crippen molar-refractivity contribution in [2.75, 3.05) is 31.5 Å². The number of nitrogens with zero attached hydrogens (tertiary/aromatic N) is 2. The van der Waals surface area contributed by atoms with Crippen LogP contribution in [-0.2, 0) is 14.8 Å². The molecule has 8 heteroatoms. The zero-order valence-electron chi connectivity index (χ0n) is 16.9. The lowest BCUT2D eigenvalue weighted by atomic mass is 10.2. The molecule has 0 radical (unpaired) electrons. The number of amides is 1. The fourth-order valence-corrected chi connectivity index (χ4v) is 5.34. The van der Waals surface area contributed by atoms with Gasteiger partial charge in [-0.3, -0.25) is 9.69 Å². The second-order valence-electron chi connectivity index (χ2n) is 7.35. The molecule has 1 unspecified atom stereocenters. The Morgan fingerprint density at radius 2 is 1.72 bits per heavy atom. The van der Waals surface area contributed by atoms with Crippen LogP contribution < -0.4 is 5.32 Å². The summed E-state index contributed by atoms with van der Waals surface area (Å²) in [6.45, 7) is 7.25. The summed E-state index contributed by atoms with van der Waals surface area (Å²) >= 11 is 6.11. The average Bonchev–Trinajstić information content (AvgIpc) is 2.69. The van der Waals surface area contributed by atoms with E-state index < -0.39 is 16.1 Å². The van der Waals surface area contributed by atoms with Gasteiger partial charge in [-0.1, -0.05) is 41.4 Å². The minimum Gasteiger partial charge on any atom is -0.323 e. The number of sulfonamides is 1. The molecule has 1 saturated heterocycles. The number of anilines is 1. The lowest BCUT2D eigenvalue weighted by molar-refractivity contribution is -0.121. The van der Waals surface area contributed by atoms with Crippen LogP contribution in [0.3, 0.4) is 0 Å². The van der Waals surface area contributed by atoms with Crippen LogP contribution in [0.15, 0.2) is 47.4 Å². The SMILES string of the molecule is Cc1ccc(S(=O)(=O)N2CCN(C(C)C(=O)Nc3ccccc3Cl)CC2)c(C)c1. The molecule has 0 saturated carbocycles. The summed E-state index contributed by atoms with van der Waals surface area (Å²) in [5.41, 5.74) is 2.35. The number of hydrogen-bond donors (Lipinski definition) is 1. The number of carbonyl (C=O) groups is 1. The molecule has 6 nitrogen and oxygen atoms in total. The highest BCUT2D eigenvalue weighted by Gasteiger charge is 2.32. The first kappa shape index (κ1) is 21.8. The number of nitrogens with one attached hydrogen (secondary N) is 1. The zero-order valence-corrected chi connectivity index (χ0v) is 18.4. The summed E-state index contributed by atoms with van der Waals surface area (Å²) < 4.78 is 27.5. The van der Waals surface area contributed by atoms with Crippen molar-refractivity contribution in [1.29, 1.82) is 0 Å². The van der Waals surface area contributed by atoms with Crippen molar-refractivity contribution in [2.24, 2.45) is 0 Å². The van der Waals surface area contributed by atoms with Crippen LogP contribution in [0.25, 0.3) is 0 Å². The number of hydrogen-bond acceptors (Lipinski definition) is 4. The summed E-state index contributed by atoms with van der Waals surface area (Å²) in [5, 5.41) is 3.33. The Labute approximate surface area is 177 Å². The number of carbonyl (C=O) groups excluding carboxylic acids is 1. The molecular weight excluding hydrogens is 410 g/mol. The van der Waals surface area contributed by atoms with Crippen molar-refractivity contribution in [3.05, 3.63) is 58.6 Å². The van der Waals surface area contributed by atoms with Crippen molar-refractivity contribution in [1.82, 2.24) is 9.21 Å². The maximum absolute atomic E-state index is 13.0. The lowest BCUT2D eigenvalue weighted by Crippen LogP contribution is -2.54. The minimum absolute atomic E-state index is 0.163. The fraction of sp³-hybridized carbons (Fsp3) is 0.381. The smallest absolute Gasteiger partial charge is 0.243 e. The number of benzene rings is 2. The molecule has 3 rings (SSSR count). The Bertz CT molecular complexity index is 1000. The second kappa shape index (κ2) is 8.83. The highest BCUT2D eigenvalue weighted by atomic mass is 35.5. The van der Waals surface area contributed by atoms with E-state index in [1.807, 2.05) is 43.9 Å². The van der Waals surface area contributed by atoms with Crippen LogP contribution in [0, 0.1) is 13.8 Å². The third kappa shape index (κ3) is 4.80. The summed E-state index contributed by atoms with van der Waals surface area (Å²) in [4.78, 5) is 14.9. The van der Waals surface area contributed by atoms with Crippen LogP contribution in [-0.4, -0.2) is 55.8 Å². The van der Waals surface area contributed by atoms with E-state index in [1.165, 1.54) is 4.31 Å². The van der Waals surface area contributed by atoms with E-state index >= 15 is 0 Å². The van der Waals surface area contributed by atoms with Crippen molar-refractivity contribution in [3.8, 4) is 0 Å². The summed E-state index contributed by atoms with van der Waals surface area (Å²) in [6.07, 6.45) is 0. The van der Waals surface area contributed by atoms with E-state index in [0.717, 1.165) is 11.1 Å². The number of aryl methyl sites for hydroxylation is 2. The molecule has 1 atom stereocenters. The van der Waals surface area contributed by atoms with Crippen LogP contribution in [0.4, 0.5) is 5.69 Å². The Balaban J connectivity index is 1.63. The fourth-order valence-electron chi connectivity index (χ4n) is 3.52. The van der Waals surface area contributed by atoms with Gasteiger partial charge in [0.05, 0.1) is 21.6 Å². The van der Waals surface area contributed by atoms with Gasteiger partial charge >= 0.3 is 0 Å². The van der Waals surface area contributed by atoms with Gasteiger partial charge < -0.3 is 5.32 Å². The largest absolute Gasteiger partial charge is 0.323 e. The molecule has 0 spiro atoms. The lowest BCUT2D eigenvalue weighted by Gasteiger charge is -2.37. The molecule has 29 heavy (non-hydrogen) atoms. The van der Waals surface area contributed by atoms with Crippen LogP contribution in [0.5, 0.6) is 0 Å². The highest BCUT2D eigenvalue weighted by molar-refractivity contribution is 7.89. The van der Waals surface area contributed by atoms with Gasteiger partial charge in [-0.2, -0.15) is 4.31 Å². The van der Waals surface area contributed by atoms with E-state index in [2.05, 4.69) is 5.32 Å². The Kier molecular flexibility index (Phi) is 6.63.